The zero-order chi connectivity index (χ0) is 11.4. The van der Waals surface area contributed by atoms with Gasteiger partial charge in [-0.3, -0.25) is 4.79 Å². The Morgan fingerprint density at radius 2 is 2.31 bits per heavy atom. The van der Waals surface area contributed by atoms with Gasteiger partial charge in [-0.15, -0.1) is 0 Å². The van der Waals surface area contributed by atoms with Crippen LogP contribution in [0.4, 0.5) is 11.5 Å². The number of nitrogens with zero attached hydrogens (tertiary/aromatic N) is 1. The standard InChI is InChI=1S/C11H12N4O/c12-8-3-4-10(14-7-8)15-11(16)6-9-2-1-5-13-9/h1-5,7,13H,6,12H2,(H,14,15,16). The molecule has 0 aliphatic rings. The first-order valence-corrected chi connectivity index (χ1v) is 4.88. The number of nitrogens with one attached hydrogen (secondary N) is 2. The fourth-order valence-electron chi connectivity index (χ4n) is 1.32. The lowest BCUT2D eigenvalue weighted by molar-refractivity contribution is -0.115. The van der Waals surface area contributed by atoms with E-state index in [1.165, 1.54) is 6.20 Å². The molecule has 1 amide bonds. The van der Waals surface area contributed by atoms with Crippen molar-refractivity contribution in [3.63, 3.8) is 0 Å². The molecular formula is C11H12N4O. The quantitative estimate of drug-likeness (QED) is 0.720. The van der Waals surface area contributed by atoms with E-state index in [0.29, 0.717) is 17.9 Å². The number of anilines is 2. The van der Waals surface area contributed by atoms with E-state index in [-0.39, 0.29) is 5.91 Å². The van der Waals surface area contributed by atoms with E-state index in [2.05, 4.69) is 15.3 Å². The number of rotatable bonds is 3. The number of aromatic amines is 1. The van der Waals surface area contributed by atoms with Crippen LogP contribution < -0.4 is 11.1 Å². The topological polar surface area (TPSA) is 83.8 Å². The average molecular weight is 216 g/mol. The van der Waals surface area contributed by atoms with Crippen LogP contribution in [0.15, 0.2) is 36.7 Å². The van der Waals surface area contributed by atoms with Crippen LogP contribution in [-0.2, 0) is 11.2 Å². The molecule has 0 radical (unpaired) electrons. The van der Waals surface area contributed by atoms with Gasteiger partial charge in [0.1, 0.15) is 5.82 Å². The molecule has 0 aliphatic carbocycles. The number of carbonyl (C=O) groups is 1. The number of carbonyl (C=O) groups excluding carboxylic acids is 1. The van der Waals surface area contributed by atoms with E-state index in [0.717, 1.165) is 5.69 Å². The van der Waals surface area contributed by atoms with Crippen LogP contribution in [0.25, 0.3) is 0 Å². The Morgan fingerprint density at radius 1 is 1.44 bits per heavy atom. The van der Waals surface area contributed by atoms with Gasteiger partial charge in [-0.2, -0.15) is 0 Å². The first kappa shape index (κ1) is 10.2. The molecule has 0 fully saturated rings. The van der Waals surface area contributed by atoms with Gasteiger partial charge < -0.3 is 16.0 Å². The molecule has 0 unspecified atom stereocenters. The van der Waals surface area contributed by atoms with Crippen molar-refractivity contribution < 1.29 is 4.79 Å². The van der Waals surface area contributed by atoms with E-state index in [4.69, 9.17) is 5.73 Å². The monoisotopic (exact) mass is 216 g/mol. The summed E-state index contributed by atoms with van der Waals surface area (Å²) >= 11 is 0. The Morgan fingerprint density at radius 3 is 2.94 bits per heavy atom. The van der Waals surface area contributed by atoms with Crippen molar-refractivity contribution in [2.75, 3.05) is 11.1 Å². The highest BCUT2D eigenvalue weighted by Gasteiger charge is 2.04. The lowest BCUT2D eigenvalue weighted by Crippen LogP contribution is -2.15. The van der Waals surface area contributed by atoms with Gasteiger partial charge in [-0.25, -0.2) is 4.98 Å². The number of amides is 1. The molecule has 0 saturated carbocycles. The van der Waals surface area contributed by atoms with Crippen molar-refractivity contribution >= 4 is 17.4 Å². The lowest BCUT2D eigenvalue weighted by atomic mass is 10.3. The highest BCUT2D eigenvalue weighted by Crippen LogP contribution is 2.06. The molecule has 0 aliphatic heterocycles. The predicted molar refractivity (Wildman–Crippen MR) is 61.8 cm³/mol. The fourth-order valence-corrected chi connectivity index (χ4v) is 1.32. The number of nitrogens with two attached hydrogens (primary N) is 1. The van der Waals surface area contributed by atoms with Crippen molar-refractivity contribution in [1.82, 2.24) is 9.97 Å². The van der Waals surface area contributed by atoms with Gasteiger partial charge in [-0.1, -0.05) is 0 Å². The van der Waals surface area contributed by atoms with Gasteiger partial charge in [0, 0.05) is 11.9 Å². The zero-order valence-corrected chi connectivity index (χ0v) is 8.60. The van der Waals surface area contributed by atoms with Crippen LogP contribution in [0.3, 0.4) is 0 Å². The maximum Gasteiger partial charge on any atom is 0.231 e. The summed E-state index contributed by atoms with van der Waals surface area (Å²) in [4.78, 5) is 18.5. The van der Waals surface area contributed by atoms with E-state index in [9.17, 15) is 4.79 Å². The van der Waals surface area contributed by atoms with Crippen LogP contribution in [0, 0.1) is 0 Å². The summed E-state index contributed by atoms with van der Waals surface area (Å²) in [6.07, 6.45) is 3.59. The van der Waals surface area contributed by atoms with Crippen LogP contribution in [-0.4, -0.2) is 15.9 Å². The minimum absolute atomic E-state index is 0.111. The second-order valence-corrected chi connectivity index (χ2v) is 3.40. The molecule has 4 N–H and O–H groups in total. The third-order valence-electron chi connectivity index (χ3n) is 2.07. The molecule has 5 nitrogen and oxygen atoms in total. The maximum absolute atomic E-state index is 11.6. The Balaban J connectivity index is 1.95. The number of nitrogen functional groups attached to an aromatic ring is 1. The van der Waals surface area contributed by atoms with Gasteiger partial charge in [0.2, 0.25) is 5.91 Å². The minimum atomic E-state index is -0.111. The number of hydrogen-bond acceptors (Lipinski definition) is 3. The Labute approximate surface area is 92.7 Å². The van der Waals surface area contributed by atoms with Crippen molar-refractivity contribution in [2.45, 2.75) is 6.42 Å². The molecule has 2 rings (SSSR count). The second kappa shape index (κ2) is 4.48. The van der Waals surface area contributed by atoms with Crippen molar-refractivity contribution in [1.29, 1.82) is 0 Å². The molecule has 16 heavy (non-hydrogen) atoms. The molecule has 0 aromatic carbocycles. The summed E-state index contributed by atoms with van der Waals surface area (Å²) in [5.74, 6) is 0.394. The number of pyridine rings is 1. The minimum Gasteiger partial charge on any atom is -0.397 e. The molecule has 0 bridgehead atoms. The van der Waals surface area contributed by atoms with E-state index in [1.54, 1.807) is 18.3 Å². The SMILES string of the molecule is Nc1ccc(NC(=O)Cc2ccc[nH]2)nc1. The summed E-state index contributed by atoms with van der Waals surface area (Å²) in [6, 6.07) is 7.07. The molecule has 5 heteroatoms. The molecule has 2 aromatic rings. The normalized spacial score (nSPS) is 10.0. The molecule has 0 spiro atoms. The van der Waals surface area contributed by atoms with Gasteiger partial charge in [-0.05, 0) is 24.3 Å². The van der Waals surface area contributed by atoms with Gasteiger partial charge in [0.15, 0.2) is 0 Å². The third kappa shape index (κ3) is 2.60. The van der Waals surface area contributed by atoms with Gasteiger partial charge in [0.25, 0.3) is 0 Å². The third-order valence-corrected chi connectivity index (χ3v) is 2.07. The predicted octanol–water partition coefficient (Wildman–Crippen LogP) is 1.17. The lowest BCUT2D eigenvalue weighted by Gasteiger charge is -2.03. The molecule has 82 valence electrons. The molecule has 2 aromatic heterocycles. The van der Waals surface area contributed by atoms with Crippen molar-refractivity contribution in [3.8, 4) is 0 Å². The Hall–Kier alpha value is -2.30. The van der Waals surface area contributed by atoms with Crippen LogP contribution in [0.1, 0.15) is 5.69 Å². The van der Waals surface area contributed by atoms with Crippen LogP contribution in [0.5, 0.6) is 0 Å². The summed E-state index contributed by atoms with van der Waals surface area (Å²) in [5, 5.41) is 2.68. The van der Waals surface area contributed by atoms with Crippen molar-refractivity contribution in [3.05, 3.63) is 42.4 Å². The van der Waals surface area contributed by atoms with E-state index < -0.39 is 0 Å². The molecular weight excluding hydrogens is 204 g/mol. The summed E-state index contributed by atoms with van der Waals surface area (Å²) in [5.41, 5.74) is 6.93. The summed E-state index contributed by atoms with van der Waals surface area (Å²) in [7, 11) is 0. The van der Waals surface area contributed by atoms with E-state index in [1.807, 2.05) is 12.1 Å². The van der Waals surface area contributed by atoms with Crippen LogP contribution >= 0.6 is 0 Å². The Bertz CT molecular complexity index is 461. The number of hydrogen-bond donors (Lipinski definition) is 3. The average Bonchev–Trinajstić information content (AvgIpc) is 2.74. The fraction of sp³-hybridized carbons (Fsp3) is 0.0909. The second-order valence-electron chi connectivity index (χ2n) is 3.40. The molecule has 0 saturated heterocycles. The summed E-state index contributed by atoms with van der Waals surface area (Å²) in [6.45, 7) is 0. The zero-order valence-electron chi connectivity index (χ0n) is 8.60. The molecule has 0 atom stereocenters. The highest BCUT2D eigenvalue weighted by atomic mass is 16.1. The van der Waals surface area contributed by atoms with Crippen molar-refractivity contribution in [2.24, 2.45) is 0 Å². The first-order valence-electron chi connectivity index (χ1n) is 4.88. The smallest absolute Gasteiger partial charge is 0.231 e. The number of aromatic nitrogens is 2. The molecule has 2 heterocycles. The highest BCUT2D eigenvalue weighted by molar-refractivity contribution is 5.91. The maximum atomic E-state index is 11.6. The first-order chi connectivity index (χ1) is 7.74. The van der Waals surface area contributed by atoms with Crippen LogP contribution in [0.2, 0.25) is 0 Å². The number of H-pyrrole nitrogens is 1. The Kier molecular flexibility index (Phi) is 2.86. The van der Waals surface area contributed by atoms with Gasteiger partial charge >= 0.3 is 0 Å². The summed E-state index contributed by atoms with van der Waals surface area (Å²) < 4.78 is 0. The van der Waals surface area contributed by atoms with E-state index >= 15 is 0 Å². The largest absolute Gasteiger partial charge is 0.397 e. The van der Waals surface area contributed by atoms with Gasteiger partial charge in [0.05, 0.1) is 18.3 Å².